The average Bonchev–Trinajstić information content (AvgIpc) is 3.55. The van der Waals surface area contributed by atoms with E-state index in [1.165, 1.54) is 6.92 Å². The SMILES string of the molecule is CC(=O)N[C@H]1[C@@H]2OC[C@@H](O2)[C@@H](O[C@@H]2O[C@H](CO[C@@H]3O[C@H](CO)[C@@H](O)[C@H](O)[C@H]3NC(C)=O)[C@H](O)[C@H](O[C@@H]3O[C@H](CO)[C@@H](O)[C@H](O)[C@H]3NC(C)=O)[C@H]2O)[C@@H]1O. The summed E-state index contributed by atoms with van der Waals surface area (Å²) in [5.74, 6) is -1.85. The van der Waals surface area contributed by atoms with Gasteiger partial charge in [-0.1, -0.05) is 0 Å². The number of carbonyl (C=O) groups is 3. The number of ether oxygens (including phenoxy) is 8. The van der Waals surface area contributed by atoms with Gasteiger partial charge in [-0.05, 0) is 0 Å². The van der Waals surface area contributed by atoms with Crippen LogP contribution in [0, 0.1) is 0 Å². The van der Waals surface area contributed by atoms with Crippen molar-refractivity contribution in [2.24, 2.45) is 0 Å². The van der Waals surface area contributed by atoms with Crippen LogP contribution in [0.15, 0.2) is 0 Å². The Labute approximate surface area is 301 Å². The van der Waals surface area contributed by atoms with Crippen molar-refractivity contribution in [2.45, 2.75) is 143 Å². The van der Waals surface area contributed by atoms with Crippen LogP contribution >= 0.6 is 0 Å². The molecule has 0 saturated carbocycles. The fourth-order valence-electron chi connectivity index (χ4n) is 6.95. The van der Waals surface area contributed by atoms with E-state index >= 15 is 0 Å². The summed E-state index contributed by atoms with van der Waals surface area (Å²) in [6.07, 6.45) is -26.6. The summed E-state index contributed by atoms with van der Waals surface area (Å²) in [6, 6.07) is -4.00. The van der Waals surface area contributed by atoms with Gasteiger partial charge in [-0.2, -0.15) is 0 Å². The summed E-state index contributed by atoms with van der Waals surface area (Å²) < 4.78 is 46.2. The Morgan fingerprint density at radius 3 is 1.60 bits per heavy atom. The highest BCUT2D eigenvalue weighted by atomic mass is 16.8. The molecule has 304 valence electrons. The summed E-state index contributed by atoms with van der Waals surface area (Å²) in [5.41, 5.74) is 0. The Kier molecular flexibility index (Phi) is 14.0. The van der Waals surface area contributed by atoms with Gasteiger partial charge in [0.05, 0.1) is 26.4 Å². The first-order valence-electron chi connectivity index (χ1n) is 17.0. The zero-order valence-corrected chi connectivity index (χ0v) is 28.9. The number of nitrogens with one attached hydrogen (secondary N) is 3. The molecule has 23 nitrogen and oxygen atoms in total. The number of amides is 3. The van der Waals surface area contributed by atoms with Crippen LogP contribution in [0.25, 0.3) is 0 Å². The second-order valence-corrected chi connectivity index (χ2v) is 13.5. The molecule has 5 rings (SSSR count). The topological polar surface area (TPSA) is 343 Å². The molecule has 5 aliphatic rings. The van der Waals surface area contributed by atoms with E-state index in [4.69, 9.17) is 37.9 Å². The number of rotatable bonds is 12. The number of aliphatic hydroxyl groups excluding tert-OH is 9. The van der Waals surface area contributed by atoms with Crippen molar-refractivity contribution in [3.63, 3.8) is 0 Å². The third kappa shape index (κ3) is 9.08. The van der Waals surface area contributed by atoms with Crippen LogP contribution in [0.4, 0.5) is 0 Å². The largest absolute Gasteiger partial charge is 0.394 e. The van der Waals surface area contributed by atoms with Gasteiger partial charge in [-0.15, -0.1) is 0 Å². The Morgan fingerprint density at radius 2 is 1.06 bits per heavy atom. The summed E-state index contributed by atoms with van der Waals surface area (Å²) in [6.45, 7) is 1.10. The van der Waals surface area contributed by atoms with E-state index in [1.54, 1.807) is 0 Å². The lowest BCUT2D eigenvalue weighted by molar-refractivity contribution is -0.366. The molecule has 0 radical (unpaired) electrons. The predicted molar refractivity (Wildman–Crippen MR) is 165 cm³/mol. The number of fused-ring (bicyclic) bond motifs is 2. The van der Waals surface area contributed by atoms with Crippen LogP contribution in [0.3, 0.4) is 0 Å². The van der Waals surface area contributed by atoms with Crippen molar-refractivity contribution in [3.8, 4) is 0 Å². The van der Waals surface area contributed by atoms with E-state index < -0.39 is 160 Å². The molecule has 0 aliphatic carbocycles. The van der Waals surface area contributed by atoms with E-state index in [1.807, 2.05) is 0 Å². The molecule has 0 aromatic heterocycles. The van der Waals surface area contributed by atoms with E-state index in [0.717, 1.165) is 13.8 Å². The lowest BCUT2D eigenvalue weighted by Crippen LogP contribution is -2.69. The summed E-state index contributed by atoms with van der Waals surface area (Å²) in [5, 5.41) is 103. The molecule has 0 unspecified atom stereocenters. The highest BCUT2D eigenvalue weighted by Crippen LogP contribution is 2.35. The maximum atomic E-state index is 12.0. The minimum atomic E-state index is -1.96. The van der Waals surface area contributed by atoms with Crippen LogP contribution in [0.5, 0.6) is 0 Å². The normalized spacial score (nSPS) is 47.1. The standard InChI is InChI=1S/C30H49N3O20/c1-8(36)31-15-21(42)18(39)11(4-34)48-27(15)46-6-13-20(41)26(53-29-16(32-9(2)37)22(43)19(40)12(5-35)49-29)24(45)30(50-13)52-25-14-7-47-28(51-14)17(23(25)44)33-10(3)38/h11-30,34-35,39-45H,4-7H2,1-3H3,(H,31,36)(H,32,37)(H,33,38)/t11-,12-,13-,14-,15-,16-,17-,18-,19-,20+,21-,22-,23-,24-,25-,26+,27-,28-,29+,30+/m1/s1. The third-order valence-electron chi connectivity index (χ3n) is 9.62. The van der Waals surface area contributed by atoms with Gasteiger partial charge in [0, 0.05) is 20.8 Å². The Morgan fingerprint density at radius 1 is 0.566 bits per heavy atom. The third-order valence-corrected chi connectivity index (χ3v) is 9.62. The highest BCUT2D eigenvalue weighted by molar-refractivity contribution is 5.74. The number of hydrogen-bond acceptors (Lipinski definition) is 20. The minimum absolute atomic E-state index is 0.0960. The number of hydrogen-bond donors (Lipinski definition) is 12. The first-order chi connectivity index (χ1) is 25.1. The maximum absolute atomic E-state index is 12.0. The molecule has 0 aromatic rings. The van der Waals surface area contributed by atoms with Gasteiger partial charge in [-0.25, -0.2) is 0 Å². The van der Waals surface area contributed by atoms with Crippen molar-refractivity contribution < 1.29 is 98.2 Å². The molecule has 5 saturated heterocycles. The molecular formula is C30H49N3O20. The van der Waals surface area contributed by atoms with Crippen LogP contribution in [0.2, 0.25) is 0 Å². The molecule has 12 N–H and O–H groups in total. The van der Waals surface area contributed by atoms with Crippen LogP contribution in [0.1, 0.15) is 20.8 Å². The Hall–Kier alpha value is -2.27. The van der Waals surface area contributed by atoms with Gasteiger partial charge < -0.3 is 99.8 Å². The first-order valence-corrected chi connectivity index (χ1v) is 17.0. The fourth-order valence-corrected chi connectivity index (χ4v) is 6.95. The minimum Gasteiger partial charge on any atom is -0.394 e. The quantitative estimate of drug-likeness (QED) is 0.0876. The smallest absolute Gasteiger partial charge is 0.217 e. The van der Waals surface area contributed by atoms with E-state index in [0.29, 0.717) is 0 Å². The maximum Gasteiger partial charge on any atom is 0.217 e. The van der Waals surface area contributed by atoms with E-state index in [2.05, 4.69) is 16.0 Å². The predicted octanol–water partition coefficient (Wildman–Crippen LogP) is -8.27. The van der Waals surface area contributed by atoms with E-state index in [9.17, 15) is 60.3 Å². The molecular weight excluding hydrogens is 722 g/mol. The summed E-state index contributed by atoms with van der Waals surface area (Å²) in [7, 11) is 0. The monoisotopic (exact) mass is 771 g/mol. The molecule has 3 amide bonds. The zero-order chi connectivity index (χ0) is 38.9. The summed E-state index contributed by atoms with van der Waals surface area (Å²) >= 11 is 0. The molecule has 5 aliphatic heterocycles. The molecule has 5 fully saturated rings. The van der Waals surface area contributed by atoms with Crippen LogP contribution in [-0.2, 0) is 52.3 Å². The number of carbonyl (C=O) groups excluding carboxylic acids is 3. The lowest BCUT2D eigenvalue weighted by Gasteiger charge is -2.48. The van der Waals surface area contributed by atoms with Gasteiger partial charge >= 0.3 is 0 Å². The second kappa shape index (κ2) is 17.7. The molecule has 0 spiro atoms. The zero-order valence-electron chi connectivity index (χ0n) is 28.9. The molecule has 5 heterocycles. The van der Waals surface area contributed by atoms with Crippen molar-refractivity contribution in [1.29, 1.82) is 0 Å². The Balaban J connectivity index is 1.42. The van der Waals surface area contributed by atoms with Gasteiger partial charge in [0.15, 0.2) is 25.2 Å². The second-order valence-electron chi connectivity index (χ2n) is 13.5. The molecule has 20 atom stereocenters. The van der Waals surface area contributed by atoms with Crippen molar-refractivity contribution in [2.75, 3.05) is 26.4 Å². The number of aliphatic hydroxyl groups is 9. The first kappa shape index (κ1) is 41.9. The van der Waals surface area contributed by atoms with E-state index in [-0.39, 0.29) is 6.61 Å². The summed E-state index contributed by atoms with van der Waals surface area (Å²) in [4.78, 5) is 35.8. The molecule has 0 aromatic carbocycles. The van der Waals surface area contributed by atoms with Gasteiger partial charge in [0.2, 0.25) is 17.7 Å². The lowest BCUT2D eigenvalue weighted by atomic mass is 9.95. The van der Waals surface area contributed by atoms with Crippen molar-refractivity contribution in [3.05, 3.63) is 0 Å². The molecule has 53 heavy (non-hydrogen) atoms. The van der Waals surface area contributed by atoms with Crippen molar-refractivity contribution in [1.82, 2.24) is 16.0 Å². The van der Waals surface area contributed by atoms with Gasteiger partial charge in [0.25, 0.3) is 0 Å². The van der Waals surface area contributed by atoms with Gasteiger partial charge in [-0.3, -0.25) is 14.4 Å². The van der Waals surface area contributed by atoms with Crippen molar-refractivity contribution >= 4 is 17.7 Å². The fraction of sp³-hybridized carbons (Fsp3) is 0.900. The average molecular weight is 772 g/mol. The van der Waals surface area contributed by atoms with Gasteiger partial charge in [0.1, 0.15) is 97.5 Å². The molecule has 2 bridgehead atoms. The molecule has 23 heteroatoms. The Bertz CT molecular complexity index is 1270. The van der Waals surface area contributed by atoms with Crippen LogP contribution in [-0.4, -0.2) is 213 Å². The highest BCUT2D eigenvalue weighted by Gasteiger charge is 2.56. The van der Waals surface area contributed by atoms with Crippen LogP contribution < -0.4 is 16.0 Å².